The Morgan fingerprint density at radius 3 is 2.63 bits per heavy atom. The molecule has 8 heteroatoms. The van der Waals surface area contributed by atoms with Crippen LogP contribution in [0.25, 0.3) is 0 Å². The first kappa shape index (κ1) is 17.9. The number of rotatable bonds is 5. The topological polar surface area (TPSA) is 78.7 Å². The molecule has 0 aliphatic carbocycles. The van der Waals surface area contributed by atoms with Crippen molar-refractivity contribution in [3.63, 3.8) is 0 Å². The second kappa shape index (κ2) is 8.06. The average Bonchev–Trinajstić information content (AvgIpc) is 3.33. The van der Waals surface area contributed by atoms with E-state index in [1.807, 2.05) is 29.2 Å². The van der Waals surface area contributed by atoms with Gasteiger partial charge in [0.1, 0.15) is 36.7 Å². The lowest BCUT2D eigenvalue weighted by molar-refractivity contribution is -0.131. The van der Waals surface area contributed by atoms with E-state index in [1.165, 1.54) is 6.33 Å². The molecular weight excluding hydrogens is 348 g/mol. The van der Waals surface area contributed by atoms with E-state index in [4.69, 9.17) is 14.2 Å². The molecule has 0 N–H and O–H groups in total. The molecule has 1 amide bonds. The van der Waals surface area contributed by atoms with Gasteiger partial charge in [0.2, 0.25) is 5.91 Å². The third-order valence-electron chi connectivity index (χ3n) is 5.18. The minimum absolute atomic E-state index is 0.0211. The van der Waals surface area contributed by atoms with Crippen LogP contribution in [0.2, 0.25) is 0 Å². The van der Waals surface area contributed by atoms with Gasteiger partial charge in [0.15, 0.2) is 0 Å². The number of aromatic nitrogens is 3. The van der Waals surface area contributed by atoms with Gasteiger partial charge in [-0.1, -0.05) is 18.2 Å². The minimum atomic E-state index is -0.0891. The molecule has 4 rings (SSSR count). The Balaban J connectivity index is 1.30. The van der Waals surface area contributed by atoms with Crippen molar-refractivity contribution in [2.24, 2.45) is 0 Å². The van der Waals surface area contributed by atoms with Crippen molar-refractivity contribution in [2.75, 3.05) is 33.4 Å². The number of ether oxygens (including phenoxy) is 3. The van der Waals surface area contributed by atoms with Crippen LogP contribution in [-0.4, -0.2) is 71.2 Å². The maximum Gasteiger partial charge on any atom is 0.223 e. The fourth-order valence-corrected chi connectivity index (χ4v) is 3.65. The Bertz CT molecular complexity index is 751. The van der Waals surface area contributed by atoms with Crippen molar-refractivity contribution in [2.45, 2.75) is 31.1 Å². The van der Waals surface area contributed by atoms with E-state index < -0.39 is 0 Å². The summed E-state index contributed by atoms with van der Waals surface area (Å²) in [4.78, 5) is 18.5. The van der Waals surface area contributed by atoms with E-state index in [0.29, 0.717) is 39.1 Å². The van der Waals surface area contributed by atoms with E-state index >= 15 is 0 Å². The Hall–Kier alpha value is -2.45. The lowest BCUT2D eigenvalue weighted by atomic mass is 10.1. The fraction of sp³-hybridized carbons (Fsp3) is 0.526. The molecule has 2 fully saturated rings. The lowest BCUT2D eigenvalue weighted by Gasteiger charge is -2.19. The van der Waals surface area contributed by atoms with Crippen LogP contribution < -0.4 is 4.74 Å². The number of benzene rings is 1. The Morgan fingerprint density at radius 1 is 1.22 bits per heavy atom. The van der Waals surface area contributed by atoms with Crippen LogP contribution in [0, 0.1) is 0 Å². The Morgan fingerprint density at radius 2 is 1.96 bits per heavy atom. The summed E-state index contributed by atoms with van der Waals surface area (Å²) < 4.78 is 19.2. The summed E-state index contributed by atoms with van der Waals surface area (Å²) in [7, 11) is 1.65. The number of amides is 1. The second-order valence-corrected chi connectivity index (χ2v) is 6.88. The molecule has 0 radical (unpaired) electrons. The van der Waals surface area contributed by atoms with Gasteiger partial charge in [-0.3, -0.25) is 4.79 Å². The number of aryl methyl sites for hydroxylation is 1. The summed E-state index contributed by atoms with van der Waals surface area (Å²) in [5, 5.41) is 4.16. The van der Waals surface area contributed by atoms with Crippen molar-refractivity contribution >= 4 is 5.91 Å². The molecule has 27 heavy (non-hydrogen) atoms. The maximum absolute atomic E-state index is 12.7. The minimum Gasteiger partial charge on any atom is -0.496 e. The molecule has 2 aromatic rings. The Kier molecular flexibility index (Phi) is 5.35. The summed E-state index contributed by atoms with van der Waals surface area (Å²) >= 11 is 0. The monoisotopic (exact) mass is 372 g/mol. The lowest BCUT2D eigenvalue weighted by Crippen LogP contribution is -2.31. The van der Waals surface area contributed by atoms with E-state index in [-0.39, 0.29) is 24.2 Å². The zero-order valence-electron chi connectivity index (χ0n) is 15.4. The zero-order valence-corrected chi connectivity index (χ0v) is 15.4. The van der Waals surface area contributed by atoms with E-state index in [9.17, 15) is 4.79 Å². The van der Waals surface area contributed by atoms with Gasteiger partial charge in [-0.25, -0.2) is 9.67 Å². The van der Waals surface area contributed by atoms with Crippen molar-refractivity contribution in [1.82, 2.24) is 19.7 Å². The van der Waals surface area contributed by atoms with Crippen LogP contribution in [0.1, 0.15) is 18.0 Å². The molecule has 0 saturated carbocycles. The third kappa shape index (κ3) is 3.96. The number of fused-ring (bicyclic) bond motifs is 1. The van der Waals surface area contributed by atoms with Gasteiger partial charge in [-0.2, -0.15) is 5.10 Å². The number of carbonyl (C=O) groups excluding carboxylic acids is 1. The van der Waals surface area contributed by atoms with Crippen LogP contribution >= 0.6 is 0 Å². The summed E-state index contributed by atoms with van der Waals surface area (Å²) in [6.07, 6.45) is 4.11. The van der Waals surface area contributed by atoms with Gasteiger partial charge in [-0.05, 0) is 18.1 Å². The molecule has 0 bridgehead atoms. The largest absolute Gasteiger partial charge is 0.496 e. The van der Waals surface area contributed by atoms with Gasteiger partial charge in [0.05, 0.1) is 20.3 Å². The second-order valence-electron chi connectivity index (χ2n) is 6.88. The summed E-state index contributed by atoms with van der Waals surface area (Å²) in [5.41, 5.74) is 1.05. The van der Waals surface area contributed by atoms with Crippen LogP contribution in [0.15, 0.2) is 36.9 Å². The summed E-state index contributed by atoms with van der Waals surface area (Å²) in [6, 6.07) is 7.83. The quantitative estimate of drug-likeness (QED) is 0.782. The van der Waals surface area contributed by atoms with Gasteiger partial charge < -0.3 is 19.1 Å². The Labute approximate surface area is 158 Å². The standard InChI is InChI=1S/C19H24N4O4/c1-25-16-5-3-2-4-14(16)6-7-19(24)22-8-17-18(9-22)27-11-15(10-26-17)23-13-20-12-21-23/h2-5,12-13,15,17-18H,6-11H2,1H3/t17-,18-/m0/s1. The van der Waals surface area contributed by atoms with Crippen molar-refractivity contribution < 1.29 is 19.0 Å². The number of likely N-dealkylation sites (tertiary alicyclic amines) is 1. The van der Waals surface area contributed by atoms with E-state index in [1.54, 1.807) is 18.1 Å². The molecule has 2 atom stereocenters. The zero-order chi connectivity index (χ0) is 18.6. The molecule has 2 aliphatic rings. The van der Waals surface area contributed by atoms with Gasteiger partial charge in [0, 0.05) is 19.5 Å². The molecule has 2 aliphatic heterocycles. The molecule has 8 nitrogen and oxygen atoms in total. The van der Waals surface area contributed by atoms with Crippen molar-refractivity contribution in [1.29, 1.82) is 0 Å². The number of hydrogen-bond donors (Lipinski definition) is 0. The van der Waals surface area contributed by atoms with Crippen LogP contribution in [-0.2, 0) is 20.7 Å². The fourth-order valence-electron chi connectivity index (χ4n) is 3.65. The number of carbonyl (C=O) groups is 1. The van der Waals surface area contributed by atoms with Gasteiger partial charge in [-0.15, -0.1) is 0 Å². The molecule has 3 heterocycles. The molecule has 1 aromatic carbocycles. The van der Waals surface area contributed by atoms with Gasteiger partial charge >= 0.3 is 0 Å². The SMILES string of the molecule is COc1ccccc1CCC(=O)N1C[C@@H]2OCC(n3cncn3)CO[C@H]2C1. The summed E-state index contributed by atoms with van der Waals surface area (Å²) in [5.74, 6) is 0.941. The molecular formula is C19H24N4O4. The van der Waals surface area contributed by atoms with E-state index in [2.05, 4.69) is 10.1 Å². The average molecular weight is 372 g/mol. The highest BCUT2D eigenvalue weighted by Gasteiger charge is 2.39. The first-order valence-electron chi connectivity index (χ1n) is 9.21. The number of hydrogen-bond acceptors (Lipinski definition) is 6. The van der Waals surface area contributed by atoms with Crippen molar-refractivity contribution in [3.05, 3.63) is 42.5 Å². The highest BCUT2D eigenvalue weighted by molar-refractivity contribution is 5.77. The smallest absolute Gasteiger partial charge is 0.223 e. The van der Waals surface area contributed by atoms with Crippen LogP contribution in [0.3, 0.4) is 0 Å². The predicted molar refractivity (Wildman–Crippen MR) is 96.4 cm³/mol. The normalized spacial score (nSPS) is 23.1. The van der Waals surface area contributed by atoms with Crippen LogP contribution in [0.5, 0.6) is 5.75 Å². The highest BCUT2D eigenvalue weighted by atomic mass is 16.6. The maximum atomic E-state index is 12.7. The first-order chi connectivity index (χ1) is 13.2. The predicted octanol–water partition coefficient (Wildman–Crippen LogP) is 1.09. The third-order valence-corrected chi connectivity index (χ3v) is 5.18. The molecule has 2 saturated heterocycles. The summed E-state index contributed by atoms with van der Waals surface area (Å²) in [6.45, 7) is 2.15. The number of nitrogens with zero attached hydrogens (tertiary/aromatic N) is 4. The molecule has 0 unspecified atom stereocenters. The van der Waals surface area contributed by atoms with Gasteiger partial charge in [0.25, 0.3) is 0 Å². The molecule has 144 valence electrons. The van der Waals surface area contributed by atoms with E-state index in [0.717, 1.165) is 11.3 Å². The first-order valence-corrected chi connectivity index (χ1v) is 9.21. The molecule has 1 aromatic heterocycles. The van der Waals surface area contributed by atoms with Crippen molar-refractivity contribution in [3.8, 4) is 5.75 Å². The number of para-hydroxylation sites is 1. The molecule has 0 spiro atoms. The number of methoxy groups -OCH3 is 1. The van der Waals surface area contributed by atoms with Crippen LogP contribution in [0.4, 0.5) is 0 Å². The highest BCUT2D eigenvalue weighted by Crippen LogP contribution is 2.25.